The monoisotopic (exact) mass is 262 g/mol. The number of aromatic amines is 1. The molecule has 1 aromatic heterocycles. The molecule has 0 fully saturated rings. The van der Waals surface area contributed by atoms with Crippen LogP contribution in [0.2, 0.25) is 0 Å². The summed E-state index contributed by atoms with van der Waals surface area (Å²) in [7, 11) is 0. The second kappa shape index (κ2) is 5.01. The highest BCUT2D eigenvalue weighted by atomic mass is 19.1. The number of rotatable bonds is 3. The third-order valence-electron chi connectivity index (χ3n) is 2.67. The Balaban J connectivity index is 2.51. The largest absolute Gasteiger partial charge is 0.328 e. The number of Topliss-reactive ketones (excluding diaryl/α,β-unsaturated/α-hetero) is 1. The summed E-state index contributed by atoms with van der Waals surface area (Å²) in [5.74, 6) is -0.890. The maximum Gasteiger partial charge on any atom is 0.328 e. The molecule has 0 amide bonds. The number of carbonyl (C=O) groups excluding carboxylic acids is 1. The van der Waals surface area contributed by atoms with E-state index in [-0.39, 0.29) is 12.1 Å². The first-order valence-corrected chi connectivity index (χ1v) is 5.57. The molecule has 0 saturated carbocycles. The summed E-state index contributed by atoms with van der Waals surface area (Å²) in [6.45, 7) is 1.15. The van der Waals surface area contributed by atoms with Gasteiger partial charge in [-0.25, -0.2) is 9.18 Å². The second-order valence-electron chi connectivity index (χ2n) is 4.08. The van der Waals surface area contributed by atoms with Gasteiger partial charge in [0.2, 0.25) is 0 Å². The van der Waals surface area contributed by atoms with Gasteiger partial charge in [0.05, 0.1) is 12.1 Å². The van der Waals surface area contributed by atoms with Crippen molar-refractivity contribution < 1.29 is 9.18 Å². The molecule has 6 heteroatoms. The fraction of sp³-hybridized carbons (Fsp3) is 0.154. The van der Waals surface area contributed by atoms with Crippen molar-refractivity contribution in [2.24, 2.45) is 0 Å². The summed E-state index contributed by atoms with van der Waals surface area (Å²) in [4.78, 5) is 37.1. The van der Waals surface area contributed by atoms with Crippen molar-refractivity contribution in [1.29, 1.82) is 0 Å². The topological polar surface area (TPSA) is 71.9 Å². The van der Waals surface area contributed by atoms with Gasteiger partial charge in [-0.15, -0.1) is 0 Å². The maximum absolute atomic E-state index is 13.1. The summed E-state index contributed by atoms with van der Waals surface area (Å²) < 4.78 is 13.9. The standard InChI is InChI=1S/C13H11FN2O3/c1-8(17)11-6-15-13(19)16(12(11)18)7-9-3-2-4-10(14)5-9/h2-6H,7H2,1H3,(H,15,19). The first-order chi connectivity index (χ1) is 8.99. The fourth-order valence-electron chi connectivity index (χ4n) is 1.72. The lowest BCUT2D eigenvalue weighted by Gasteiger charge is -2.06. The molecule has 2 aromatic rings. The van der Waals surface area contributed by atoms with Crippen molar-refractivity contribution in [3.05, 3.63) is 68.2 Å². The van der Waals surface area contributed by atoms with E-state index >= 15 is 0 Å². The highest BCUT2D eigenvalue weighted by molar-refractivity contribution is 5.93. The molecular weight excluding hydrogens is 251 g/mol. The molecule has 0 aliphatic heterocycles. The molecule has 2 rings (SSSR count). The molecule has 1 heterocycles. The van der Waals surface area contributed by atoms with Crippen LogP contribution in [0.25, 0.3) is 0 Å². The number of nitrogens with zero attached hydrogens (tertiary/aromatic N) is 1. The Morgan fingerprint density at radius 2 is 2.11 bits per heavy atom. The Bertz CT molecular complexity index is 746. The average Bonchev–Trinajstić information content (AvgIpc) is 2.34. The van der Waals surface area contributed by atoms with E-state index in [1.807, 2.05) is 0 Å². The Hall–Kier alpha value is -2.50. The van der Waals surface area contributed by atoms with Crippen molar-refractivity contribution in [1.82, 2.24) is 9.55 Å². The number of halogens is 1. The van der Waals surface area contributed by atoms with Gasteiger partial charge in [-0.2, -0.15) is 0 Å². The normalized spacial score (nSPS) is 10.4. The van der Waals surface area contributed by atoms with Crippen molar-refractivity contribution in [3.63, 3.8) is 0 Å². The van der Waals surface area contributed by atoms with Crippen LogP contribution < -0.4 is 11.2 Å². The summed E-state index contributed by atoms with van der Waals surface area (Å²) in [6.07, 6.45) is 1.09. The zero-order valence-electron chi connectivity index (χ0n) is 10.1. The number of H-pyrrole nitrogens is 1. The van der Waals surface area contributed by atoms with Gasteiger partial charge in [0.25, 0.3) is 5.56 Å². The van der Waals surface area contributed by atoms with E-state index in [0.717, 1.165) is 10.8 Å². The summed E-state index contributed by atoms with van der Waals surface area (Å²) in [6, 6.07) is 5.57. The summed E-state index contributed by atoms with van der Waals surface area (Å²) >= 11 is 0. The third-order valence-corrected chi connectivity index (χ3v) is 2.67. The summed E-state index contributed by atoms with van der Waals surface area (Å²) in [5.41, 5.74) is -0.955. The SMILES string of the molecule is CC(=O)c1c[nH]c(=O)n(Cc2cccc(F)c2)c1=O. The van der Waals surface area contributed by atoms with Crippen LogP contribution in [0.3, 0.4) is 0 Å². The zero-order chi connectivity index (χ0) is 14.0. The lowest BCUT2D eigenvalue weighted by Crippen LogP contribution is -2.38. The number of carbonyl (C=O) groups is 1. The molecule has 0 saturated heterocycles. The van der Waals surface area contributed by atoms with Gasteiger partial charge in [-0.1, -0.05) is 12.1 Å². The number of ketones is 1. The Morgan fingerprint density at radius 3 is 2.74 bits per heavy atom. The zero-order valence-corrected chi connectivity index (χ0v) is 10.1. The Labute approximate surface area is 107 Å². The van der Waals surface area contributed by atoms with E-state index in [1.165, 1.54) is 25.1 Å². The number of hydrogen-bond donors (Lipinski definition) is 1. The minimum absolute atomic E-state index is 0.0902. The fourth-order valence-corrected chi connectivity index (χ4v) is 1.72. The van der Waals surface area contributed by atoms with Crippen LogP contribution in [-0.4, -0.2) is 15.3 Å². The molecule has 19 heavy (non-hydrogen) atoms. The maximum atomic E-state index is 13.1. The van der Waals surface area contributed by atoms with Gasteiger partial charge in [0.15, 0.2) is 5.78 Å². The van der Waals surface area contributed by atoms with E-state index in [4.69, 9.17) is 0 Å². The van der Waals surface area contributed by atoms with Crippen LogP contribution in [0.1, 0.15) is 22.8 Å². The first-order valence-electron chi connectivity index (χ1n) is 5.57. The number of aromatic nitrogens is 2. The molecule has 1 aromatic carbocycles. The van der Waals surface area contributed by atoms with E-state index in [0.29, 0.717) is 5.56 Å². The Morgan fingerprint density at radius 1 is 1.37 bits per heavy atom. The second-order valence-corrected chi connectivity index (χ2v) is 4.08. The Kier molecular flexibility index (Phi) is 3.41. The molecule has 0 atom stereocenters. The lowest BCUT2D eigenvalue weighted by atomic mass is 10.2. The van der Waals surface area contributed by atoms with Crippen LogP contribution in [0, 0.1) is 5.82 Å². The van der Waals surface area contributed by atoms with Crippen LogP contribution >= 0.6 is 0 Å². The average molecular weight is 262 g/mol. The quantitative estimate of drug-likeness (QED) is 0.836. The van der Waals surface area contributed by atoms with Gasteiger partial charge in [0.1, 0.15) is 5.82 Å². The highest BCUT2D eigenvalue weighted by Crippen LogP contribution is 2.03. The predicted octanol–water partition coefficient (Wildman–Crippen LogP) is 0.927. The minimum Gasteiger partial charge on any atom is -0.313 e. The molecule has 0 unspecified atom stereocenters. The number of hydrogen-bond acceptors (Lipinski definition) is 3. The van der Waals surface area contributed by atoms with E-state index < -0.39 is 22.8 Å². The first kappa shape index (κ1) is 12.9. The molecule has 0 bridgehead atoms. The van der Waals surface area contributed by atoms with Crippen LogP contribution in [0.15, 0.2) is 40.1 Å². The van der Waals surface area contributed by atoms with Crippen LogP contribution in [-0.2, 0) is 6.54 Å². The van der Waals surface area contributed by atoms with Gasteiger partial charge >= 0.3 is 5.69 Å². The summed E-state index contributed by atoms with van der Waals surface area (Å²) in [5, 5.41) is 0. The molecule has 0 aliphatic carbocycles. The smallest absolute Gasteiger partial charge is 0.313 e. The molecule has 0 radical (unpaired) electrons. The molecule has 5 nitrogen and oxygen atoms in total. The molecule has 0 spiro atoms. The molecule has 98 valence electrons. The minimum atomic E-state index is -0.680. The van der Waals surface area contributed by atoms with Crippen LogP contribution in [0.4, 0.5) is 4.39 Å². The molecule has 0 aliphatic rings. The van der Waals surface area contributed by atoms with Gasteiger partial charge in [-0.05, 0) is 24.6 Å². The van der Waals surface area contributed by atoms with Gasteiger partial charge in [0, 0.05) is 6.20 Å². The van der Waals surface area contributed by atoms with Crippen molar-refractivity contribution >= 4 is 5.78 Å². The van der Waals surface area contributed by atoms with E-state index in [9.17, 15) is 18.8 Å². The third kappa shape index (κ3) is 2.67. The number of benzene rings is 1. The highest BCUT2D eigenvalue weighted by Gasteiger charge is 2.11. The van der Waals surface area contributed by atoms with Gasteiger partial charge in [-0.3, -0.25) is 14.2 Å². The van der Waals surface area contributed by atoms with Gasteiger partial charge < -0.3 is 4.98 Å². The van der Waals surface area contributed by atoms with Crippen molar-refractivity contribution in [2.45, 2.75) is 13.5 Å². The lowest BCUT2D eigenvalue weighted by molar-refractivity contribution is 0.101. The predicted molar refractivity (Wildman–Crippen MR) is 66.8 cm³/mol. The van der Waals surface area contributed by atoms with E-state index in [1.54, 1.807) is 6.07 Å². The van der Waals surface area contributed by atoms with Crippen molar-refractivity contribution in [3.8, 4) is 0 Å². The molecular formula is C13H11FN2O3. The number of nitrogens with one attached hydrogen (secondary N) is 1. The van der Waals surface area contributed by atoms with Crippen LogP contribution in [0.5, 0.6) is 0 Å². The van der Waals surface area contributed by atoms with Crippen molar-refractivity contribution in [2.75, 3.05) is 0 Å². The van der Waals surface area contributed by atoms with E-state index in [2.05, 4.69) is 4.98 Å². The molecule has 1 N–H and O–H groups in total.